The van der Waals surface area contributed by atoms with Gasteiger partial charge >= 0.3 is 0 Å². The molecule has 10 atom stereocenters. The lowest BCUT2D eigenvalue weighted by Gasteiger charge is -2.46. The molecule has 2 amide bonds. The van der Waals surface area contributed by atoms with E-state index in [2.05, 4.69) is 4.98 Å². The molecule has 252 valence electrons. The van der Waals surface area contributed by atoms with Crippen molar-refractivity contribution in [3.8, 4) is 0 Å². The monoisotopic (exact) mass is 663 g/mol. The number of aliphatic hydroxyl groups excluding tert-OH is 7. The first-order chi connectivity index (χ1) is 23.1. The highest BCUT2D eigenvalue weighted by atomic mass is 16.7. The number of carbonyl (C=O) groups is 2. The Morgan fingerprint density at radius 2 is 1.40 bits per heavy atom. The van der Waals surface area contributed by atoms with Gasteiger partial charge in [0.15, 0.2) is 12.5 Å². The maximum Gasteiger partial charge on any atom is 0.262 e. The molecule has 3 aliphatic heterocycles. The van der Waals surface area contributed by atoms with E-state index in [0.29, 0.717) is 43.6 Å². The molecule has 8 N–H and O–H groups in total. The van der Waals surface area contributed by atoms with Crippen molar-refractivity contribution in [2.24, 2.45) is 0 Å². The van der Waals surface area contributed by atoms with Crippen LogP contribution in [0.1, 0.15) is 26.9 Å². The first-order valence-electron chi connectivity index (χ1n) is 15.5. The van der Waals surface area contributed by atoms with Crippen LogP contribution in [-0.4, -0.2) is 137 Å². The first-order valence-corrected chi connectivity index (χ1v) is 15.5. The lowest BCUT2D eigenvalue weighted by molar-refractivity contribution is -0.346. The van der Waals surface area contributed by atoms with Crippen LogP contribution < -0.4 is 0 Å². The van der Waals surface area contributed by atoms with Gasteiger partial charge in [-0.1, -0.05) is 36.4 Å². The van der Waals surface area contributed by atoms with Gasteiger partial charge in [0.2, 0.25) is 0 Å². The Balaban J connectivity index is 1.31. The van der Waals surface area contributed by atoms with Crippen LogP contribution in [0.15, 0.2) is 48.5 Å². The number of carbonyl (C=O) groups excluding carboxylic acids is 2. The second-order valence-corrected chi connectivity index (χ2v) is 12.5. The van der Waals surface area contributed by atoms with Gasteiger partial charge in [0.25, 0.3) is 11.8 Å². The van der Waals surface area contributed by atoms with E-state index >= 15 is 0 Å². The molecule has 3 aliphatic rings. The summed E-state index contributed by atoms with van der Waals surface area (Å²) in [6, 6.07) is 14.4. The minimum absolute atomic E-state index is 0.193. The number of nitrogens with zero attached hydrogens (tertiary/aromatic N) is 2. The number of rotatable bonds is 5. The van der Waals surface area contributed by atoms with Crippen molar-refractivity contribution in [2.45, 2.75) is 61.3 Å². The minimum atomic E-state index is -1.81. The standard InChI is InChI=1S/C33H33N3O12/c1-35-30(44)20-18-12-6-2-4-8-14(12)34-22(18)23-19(21(20)31(35)45)13-7-3-5-9-15(13)36(23)32-27(42)26(41)29(17(11-38)46-32)48-33-28(43)25(40)24(39)16(10-37)47-33/h2-9,16-17,24-29,32-34,37-43H,10-11H2,1H3/t16-,17-,24-,25+,26-,27-,28-,29-,32-,33-/m1/s1. The quantitative estimate of drug-likeness (QED) is 0.111. The molecule has 2 fully saturated rings. The molecule has 0 spiro atoms. The zero-order valence-electron chi connectivity index (χ0n) is 25.4. The van der Waals surface area contributed by atoms with Gasteiger partial charge in [-0.25, -0.2) is 0 Å². The van der Waals surface area contributed by atoms with E-state index in [1.807, 2.05) is 24.3 Å². The molecule has 2 saturated heterocycles. The third kappa shape index (κ3) is 4.18. The topological polar surface area (TPSA) is 227 Å². The highest BCUT2D eigenvalue weighted by molar-refractivity contribution is 6.39. The van der Waals surface area contributed by atoms with Crippen molar-refractivity contribution in [2.75, 3.05) is 20.3 Å². The van der Waals surface area contributed by atoms with Crippen LogP contribution >= 0.6 is 0 Å². The number of H-pyrrole nitrogens is 1. The summed E-state index contributed by atoms with van der Waals surface area (Å²) >= 11 is 0. The highest BCUT2D eigenvalue weighted by Gasteiger charge is 2.51. The number of hydrogen-bond donors (Lipinski definition) is 8. The number of aromatic amines is 1. The SMILES string of the molecule is CN1C(=O)c2c(c3c4ccccc4n([C@@H]4O[C@H](CO)[C@@H](O[C@H]5O[C@H](CO)[C@@H](O)[C@H](O)[C@H]5O)[C@H](O)[C@H]4O)c3c3[nH]c4ccccc4c23)C1=O. The highest BCUT2D eigenvalue weighted by Crippen LogP contribution is 2.47. The molecular formula is C33H33N3O12. The molecule has 0 unspecified atom stereocenters. The number of amides is 2. The van der Waals surface area contributed by atoms with Gasteiger partial charge in [-0.05, 0) is 12.1 Å². The van der Waals surface area contributed by atoms with E-state index in [1.54, 1.807) is 28.8 Å². The second-order valence-electron chi connectivity index (χ2n) is 12.5. The van der Waals surface area contributed by atoms with E-state index < -0.39 is 86.4 Å². The van der Waals surface area contributed by atoms with Crippen molar-refractivity contribution in [3.63, 3.8) is 0 Å². The molecule has 8 rings (SSSR count). The maximum atomic E-state index is 13.7. The summed E-state index contributed by atoms with van der Waals surface area (Å²) < 4.78 is 19.1. The molecule has 5 aromatic rings. The van der Waals surface area contributed by atoms with E-state index in [9.17, 15) is 45.3 Å². The van der Waals surface area contributed by atoms with Crippen LogP contribution in [0.2, 0.25) is 0 Å². The van der Waals surface area contributed by atoms with Gasteiger partial charge < -0.3 is 59.5 Å². The summed E-state index contributed by atoms with van der Waals surface area (Å²) in [7, 11) is 1.42. The van der Waals surface area contributed by atoms with Crippen molar-refractivity contribution < 1.29 is 59.5 Å². The zero-order valence-corrected chi connectivity index (χ0v) is 25.4. The van der Waals surface area contributed by atoms with Crippen molar-refractivity contribution in [1.29, 1.82) is 0 Å². The summed E-state index contributed by atoms with van der Waals surface area (Å²) in [6.45, 7) is -1.44. The minimum Gasteiger partial charge on any atom is -0.394 e. The normalized spacial score (nSPS) is 32.7. The second kappa shape index (κ2) is 11.3. The van der Waals surface area contributed by atoms with Crippen molar-refractivity contribution in [3.05, 3.63) is 59.7 Å². The molecule has 48 heavy (non-hydrogen) atoms. The Kier molecular flexibility index (Phi) is 7.35. The number of imide groups is 1. The molecule has 0 aliphatic carbocycles. The Morgan fingerprint density at radius 3 is 2.10 bits per heavy atom. The van der Waals surface area contributed by atoms with Crippen LogP contribution in [-0.2, 0) is 14.2 Å². The third-order valence-electron chi connectivity index (χ3n) is 9.87. The number of aliphatic hydroxyl groups is 7. The largest absolute Gasteiger partial charge is 0.394 e. The smallest absolute Gasteiger partial charge is 0.262 e. The van der Waals surface area contributed by atoms with Crippen LogP contribution in [0, 0.1) is 0 Å². The number of nitrogens with one attached hydrogen (secondary N) is 1. The van der Waals surface area contributed by atoms with E-state index in [1.165, 1.54) is 7.05 Å². The van der Waals surface area contributed by atoms with Gasteiger partial charge in [0.05, 0.1) is 40.9 Å². The predicted molar refractivity (Wildman–Crippen MR) is 167 cm³/mol. The van der Waals surface area contributed by atoms with Crippen LogP contribution in [0.5, 0.6) is 0 Å². The fourth-order valence-electron chi connectivity index (χ4n) is 7.49. The summed E-state index contributed by atoms with van der Waals surface area (Å²) in [4.78, 5) is 31.8. The summed E-state index contributed by atoms with van der Waals surface area (Å²) in [5.74, 6) is -0.956. The zero-order chi connectivity index (χ0) is 33.8. The lowest BCUT2D eigenvalue weighted by atomic mass is 9.95. The van der Waals surface area contributed by atoms with Crippen molar-refractivity contribution >= 4 is 55.4 Å². The molecule has 3 aromatic carbocycles. The van der Waals surface area contributed by atoms with Gasteiger partial charge in [0.1, 0.15) is 48.8 Å². The number of hydrogen-bond acceptors (Lipinski definition) is 12. The molecule has 2 aromatic heterocycles. The number of ether oxygens (including phenoxy) is 3. The van der Waals surface area contributed by atoms with Crippen LogP contribution in [0.25, 0.3) is 43.6 Å². The summed E-state index contributed by atoms with van der Waals surface area (Å²) in [6.07, 6.45) is -15.9. The average molecular weight is 664 g/mol. The fraction of sp³-hybridized carbons (Fsp3) is 0.394. The Hall–Kier alpha value is -4.00. The predicted octanol–water partition coefficient (Wildman–Crippen LogP) is -0.549. The lowest BCUT2D eigenvalue weighted by Crippen LogP contribution is -2.63. The molecule has 0 bridgehead atoms. The molecule has 0 radical (unpaired) electrons. The number of para-hydroxylation sites is 2. The summed E-state index contributed by atoms with van der Waals surface area (Å²) in [5, 5.41) is 76.4. The maximum absolute atomic E-state index is 13.7. The molecule has 0 saturated carbocycles. The fourth-order valence-corrected chi connectivity index (χ4v) is 7.49. The molecule has 5 heterocycles. The van der Waals surface area contributed by atoms with Gasteiger partial charge in [-0.15, -0.1) is 0 Å². The molecule has 15 nitrogen and oxygen atoms in total. The van der Waals surface area contributed by atoms with Gasteiger partial charge in [-0.2, -0.15) is 0 Å². The number of benzene rings is 3. The number of fused-ring (bicyclic) bond motifs is 10. The van der Waals surface area contributed by atoms with E-state index in [0.717, 1.165) is 4.90 Å². The average Bonchev–Trinajstić information content (AvgIpc) is 3.72. The first kappa shape index (κ1) is 31.3. The number of aromatic nitrogens is 2. The Bertz CT molecular complexity index is 2110. The Labute approximate surface area is 270 Å². The van der Waals surface area contributed by atoms with E-state index in [-0.39, 0.29) is 11.1 Å². The van der Waals surface area contributed by atoms with Gasteiger partial charge in [0, 0.05) is 34.1 Å². The van der Waals surface area contributed by atoms with Crippen LogP contribution in [0.4, 0.5) is 0 Å². The Morgan fingerprint density at radius 1 is 0.750 bits per heavy atom. The van der Waals surface area contributed by atoms with Crippen molar-refractivity contribution in [1.82, 2.24) is 14.5 Å². The molecule has 15 heteroatoms. The van der Waals surface area contributed by atoms with Gasteiger partial charge in [-0.3, -0.25) is 14.5 Å². The third-order valence-corrected chi connectivity index (χ3v) is 9.87. The summed E-state index contributed by atoms with van der Waals surface area (Å²) in [5.41, 5.74) is 2.54. The van der Waals surface area contributed by atoms with Crippen LogP contribution in [0.3, 0.4) is 0 Å². The van der Waals surface area contributed by atoms with E-state index in [4.69, 9.17) is 14.2 Å². The molecular weight excluding hydrogens is 630 g/mol.